The Morgan fingerprint density at radius 2 is 1.90 bits per heavy atom. The van der Waals surface area contributed by atoms with Crippen molar-refractivity contribution in [3.05, 3.63) is 23.5 Å². The predicted octanol–water partition coefficient (Wildman–Crippen LogP) is -0.726. The molecule has 5 N–H and O–H groups in total. The zero-order valence-electron chi connectivity index (χ0n) is 5.22. The van der Waals surface area contributed by atoms with Gasteiger partial charge in [0.25, 0.3) is 0 Å². The van der Waals surface area contributed by atoms with Crippen molar-refractivity contribution in [1.82, 2.24) is 0 Å². The molecular weight excluding hydrogens is 130 g/mol. The van der Waals surface area contributed by atoms with Crippen molar-refractivity contribution < 1.29 is 4.79 Å². The smallest absolute Gasteiger partial charge is 0.205 e. The molecule has 0 aliphatic heterocycles. The minimum Gasteiger partial charge on any atom is -0.397 e. The van der Waals surface area contributed by atoms with Crippen molar-refractivity contribution in [3.63, 3.8) is 0 Å². The molecule has 0 bridgehead atoms. The van der Waals surface area contributed by atoms with E-state index in [-0.39, 0.29) is 17.1 Å². The summed E-state index contributed by atoms with van der Waals surface area (Å²) in [5.41, 5.74) is 10.7. The first-order valence-electron chi connectivity index (χ1n) is 2.69. The molecule has 4 heteroatoms. The van der Waals surface area contributed by atoms with E-state index in [1.54, 1.807) is 0 Å². The molecule has 0 radical (unpaired) electrons. The highest BCUT2D eigenvalue weighted by Crippen LogP contribution is 2.03. The molecule has 0 saturated heterocycles. The van der Waals surface area contributed by atoms with Crippen molar-refractivity contribution in [1.29, 1.82) is 5.41 Å². The second-order valence-electron chi connectivity index (χ2n) is 1.94. The van der Waals surface area contributed by atoms with Crippen molar-refractivity contribution in [3.8, 4) is 0 Å². The molecule has 1 aliphatic rings. The Labute approximate surface area is 57.7 Å². The number of carbonyl (C=O) groups is 1. The van der Waals surface area contributed by atoms with Crippen molar-refractivity contribution in [2.45, 2.75) is 0 Å². The maximum Gasteiger partial charge on any atom is 0.205 e. The van der Waals surface area contributed by atoms with Crippen LogP contribution in [0.25, 0.3) is 0 Å². The van der Waals surface area contributed by atoms with Crippen LogP contribution >= 0.6 is 0 Å². The molecule has 0 amide bonds. The topological polar surface area (TPSA) is 93.0 Å². The van der Waals surface area contributed by atoms with Crippen LogP contribution in [0.3, 0.4) is 0 Å². The summed E-state index contributed by atoms with van der Waals surface area (Å²) in [7, 11) is 0. The van der Waals surface area contributed by atoms with Crippen molar-refractivity contribution in [2.75, 3.05) is 0 Å². The Balaban J connectivity index is 3.11. The van der Waals surface area contributed by atoms with E-state index in [4.69, 9.17) is 16.9 Å². The molecule has 0 spiro atoms. The highest BCUT2D eigenvalue weighted by molar-refractivity contribution is 6.49. The third kappa shape index (κ3) is 0.793. The summed E-state index contributed by atoms with van der Waals surface area (Å²) in [4.78, 5) is 10.7. The third-order valence-electron chi connectivity index (χ3n) is 1.24. The first kappa shape index (κ1) is 6.54. The molecular formula is C6H7N3O. The van der Waals surface area contributed by atoms with Crippen molar-refractivity contribution in [2.24, 2.45) is 11.5 Å². The number of hydrogen-bond donors (Lipinski definition) is 3. The fourth-order valence-corrected chi connectivity index (χ4v) is 0.616. The summed E-state index contributed by atoms with van der Waals surface area (Å²) in [5.74, 6) is -0.397. The number of carbonyl (C=O) groups excluding carboxylic acids is 1. The van der Waals surface area contributed by atoms with Gasteiger partial charge < -0.3 is 11.5 Å². The van der Waals surface area contributed by atoms with Crippen LogP contribution in [0.2, 0.25) is 0 Å². The minimum atomic E-state index is -0.397. The van der Waals surface area contributed by atoms with E-state index < -0.39 is 5.78 Å². The van der Waals surface area contributed by atoms with E-state index in [1.165, 1.54) is 12.2 Å². The highest BCUT2D eigenvalue weighted by Gasteiger charge is 2.14. The molecule has 0 aromatic heterocycles. The summed E-state index contributed by atoms with van der Waals surface area (Å²) in [5, 5.41) is 7.07. The van der Waals surface area contributed by atoms with Gasteiger partial charge in [0.05, 0.1) is 11.4 Å². The molecule has 0 aromatic rings. The van der Waals surface area contributed by atoms with Gasteiger partial charge in [0.2, 0.25) is 5.78 Å². The summed E-state index contributed by atoms with van der Waals surface area (Å²) in [6.07, 6.45) is 2.63. The molecule has 1 rings (SSSR count). The number of allylic oxidation sites excluding steroid dienone is 3. The van der Waals surface area contributed by atoms with Gasteiger partial charge in [-0.2, -0.15) is 0 Å². The Bertz CT molecular complexity index is 262. The van der Waals surface area contributed by atoms with E-state index in [2.05, 4.69) is 0 Å². The van der Waals surface area contributed by atoms with Crippen LogP contribution in [0.5, 0.6) is 0 Å². The number of rotatable bonds is 0. The van der Waals surface area contributed by atoms with Gasteiger partial charge >= 0.3 is 0 Å². The van der Waals surface area contributed by atoms with Gasteiger partial charge in [-0.3, -0.25) is 10.2 Å². The van der Waals surface area contributed by atoms with Crippen LogP contribution in [0, 0.1) is 5.41 Å². The zero-order chi connectivity index (χ0) is 7.72. The van der Waals surface area contributed by atoms with Crippen LogP contribution in [-0.4, -0.2) is 11.5 Å². The molecule has 1 aliphatic carbocycles. The fraction of sp³-hybridized carbons (Fsp3) is 0. The lowest BCUT2D eigenvalue weighted by Gasteiger charge is -2.06. The first-order valence-corrected chi connectivity index (χ1v) is 2.69. The van der Waals surface area contributed by atoms with E-state index in [0.717, 1.165) is 0 Å². The van der Waals surface area contributed by atoms with E-state index in [0.29, 0.717) is 0 Å². The molecule has 52 valence electrons. The lowest BCUT2D eigenvalue weighted by molar-refractivity contribution is -0.108. The summed E-state index contributed by atoms with van der Waals surface area (Å²) in [6, 6.07) is 0. The van der Waals surface area contributed by atoms with Crippen LogP contribution in [0.15, 0.2) is 23.5 Å². The second-order valence-corrected chi connectivity index (χ2v) is 1.94. The molecule has 4 nitrogen and oxygen atoms in total. The van der Waals surface area contributed by atoms with Gasteiger partial charge in [-0.15, -0.1) is 0 Å². The van der Waals surface area contributed by atoms with Gasteiger partial charge in [0, 0.05) is 0 Å². The minimum absolute atomic E-state index is 0.0625. The summed E-state index contributed by atoms with van der Waals surface area (Å²) in [6.45, 7) is 0. The predicted molar refractivity (Wildman–Crippen MR) is 37.3 cm³/mol. The standard InChI is InChI=1S/C6H7N3O/c7-3-1-2-4(10)6(9)5(3)8/h1-2,9H,7-8H2. The van der Waals surface area contributed by atoms with Crippen molar-refractivity contribution >= 4 is 11.5 Å². The summed E-state index contributed by atoms with van der Waals surface area (Å²) >= 11 is 0. The molecule has 0 atom stereocenters. The zero-order valence-corrected chi connectivity index (χ0v) is 5.22. The van der Waals surface area contributed by atoms with Crippen LogP contribution in [0.4, 0.5) is 0 Å². The van der Waals surface area contributed by atoms with Crippen LogP contribution in [-0.2, 0) is 4.79 Å². The maximum absolute atomic E-state index is 10.7. The first-order chi connectivity index (χ1) is 4.63. The molecule has 0 heterocycles. The lowest BCUT2D eigenvalue weighted by Crippen LogP contribution is -2.25. The third-order valence-corrected chi connectivity index (χ3v) is 1.24. The Morgan fingerprint density at radius 3 is 2.40 bits per heavy atom. The number of nitrogens with two attached hydrogens (primary N) is 2. The van der Waals surface area contributed by atoms with Crippen LogP contribution < -0.4 is 11.5 Å². The molecule has 0 fully saturated rings. The van der Waals surface area contributed by atoms with Gasteiger partial charge in [-0.1, -0.05) is 0 Å². The normalized spacial score (nSPS) is 18.4. The monoisotopic (exact) mass is 137 g/mol. The number of ketones is 1. The molecule has 0 unspecified atom stereocenters. The van der Waals surface area contributed by atoms with Crippen LogP contribution in [0.1, 0.15) is 0 Å². The maximum atomic E-state index is 10.7. The van der Waals surface area contributed by atoms with Gasteiger partial charge in [-0.25, -0.2) is 0 Å². The average molecular weight is 137 g/mol. The van der Waals surface area contributed by atoms with Gasteiger partial charge in [0.1, 0.15) is 5.71 Å². The quantitative estimate of drug-likeness (QED) is 0.384. The molecule has 10 heavy (non-hydrogen) atoms. The SMILES string of the molecule is N=C1C(=O)C=CC(N)=C1N. The Kier molecular flexibility index (Phi) is 1.30. The Hall–Kier alpha value is -1.58. The van der Waals surface area contributed by atoms with E-state index >= 15 is 0 Å². The van der Waals surface area contributed by atoms with Gasteiger partial charge in [0.15, 0.2) is 0 Å². The molecule has 0 saturated carbocycles. The lowest BCUT2D eigenvalue weighted by atomic mass is 10.1. The second kappa shape index (κ2) is 1.98. The molecule has 0 aromatic carbocycles. The Morgan fingerprint density at radius 1 is 1.30 bits per heavy atom. The fourth-order valence-electron chi connectivity index (χ4n) is 0.616. The number of nitrogens with one attached hydrogen (secondary N) is 1. The van der Waals surface area contributed by atoms with E-state index in [1.807, 2.05) is 0 Å². The number of hydrogen-bond acceptors (Lipinski definition) is 4. The van der Waals surface area contributed by atoms with E-state index in [9.17, 15) is 4.79 Å². The highest BCUT2D eigenvalue weighted by atomic mass is 16.1. The summed E-state index contributed by atoms with van der Waals surface area (Å²) < 4.78 is 0. The average Bonchev–Trinajstić information content (AvgIpc) is 1.93. The van der Waals surface area contributed by atoms with Gasteiger partial charge in [-0.05, 0) is 12.2 Å². The largest absolute Gasteiger partial charge is 0.397 e.